The molecule has 1 saturated carbocycles. The number of amides is 2. The smallest absolute Gasteiger partial charge is 0.272 e. The van der Waals surface area contributed by atoms with Crippen molar-refractivity contribution in [3.05, 3.63) is 52.3 Å². The van der Waals surface area contributed by atoms with Crippen LogP contribution < -0.4 is 5.32 Å². The molecule has 0 spiro atoms. The third kappa shape index (κ3) is 4.65. The van der Waals surface area contributed by atoms with Crippen LogP contribution in [0.2, 0.25) is 0 Å². The zero-order valence-corrected chi connectivity index (χ0v) is 21.6. The number of fused-ring (bicyclic) bond motifs is 1. The summed E-state index contributed by atoms with van der Waals surface area (Å²) in [7, 11) is -1.98. The van der Waals surface area contributed by atoms with Crippen molar-refractivity contribution >= 4 is 21.8 Å². The fourth-order valence-corrected chi connectivity index (χ4v) is 7.41. The normalized spacial score (nSPS) is 19.8. The minimum Gasteiger partial charge on any atom is -0.393 e. The van der Waals surface area contributed by atoms with E-state index in [1.165, 1.54) is 8.99 Å². The van der Waals surface area contributed by atoms with Gasteiger partial charge in [-0.05, 0) is 49.8 Å². The van der Waals surface area contributed by atoms with Crippen molar-refractivity contribution in [1.82, 2.24) is 24.3 Å². The molecule has 11 heteroatoms. The van der Waals surface area contributed by atoms with Crippen LogP contribution in [0.4, 0.5) is 0 Å². The fourth-order valence-electron chi connectivity index (χ4n) is 5.23. The number of rotatable bonds is 7. The number of nitrogens with one attached hydrogen (secondary N) is 1. The average Bonchev–Trinajstić information content (AvgIpc) is 3.61. The maximum Gasteiger partial charge on any atom is 0.272 e. The summed E-state index contributed by atoms with van der Waals surface area (Å²) in [4.78, 5) is 28.0. The second-order valence-electron chi connectivity index (χ2n) is 10.1. The maximum absolute atomic E-state index is 13.4. The topological polar surface area (TPSA) is 125 Å². The van der Waals surface area contributed by atoms with Gasteiger partial charge in [-0.25, -0.2) is 12.7 Å². The maximum atomic E-state index is 13.4. The quantitative estimate of drug-likeness (QED) is 0.512. The Morgan fingerprint density at radius 1 is 1.22 bits per heavy atom. The summed E-state index contributed by atoms with van der Waals surface area (Å²) in [5, 5.41) is 17.0. The van der Waals surface area contributed by atoms with Gasteiger partial charge >= 0.3 is 0 Å². The molecule has 2 aliphatic heterocycles. The fraction of sp³-hybridized carbons (Fsp3) is 0.500. The number of aliphatic hydroxyl groups is 1. The molecule has 0 atom stereocenters. The number of hydrogen-bond donors (Lipinski definition) is 2. The van der Waals surface area contributed by atoms with E-state index >= 15 is 0 Å². The molecule has 2 fully saturated rings. The number of sulfonamides is 1. The molecule has 0 unspecified atom stereocenters. The summed E-state index contributed by atoms with van der Waals surface area (Å²) in [5.41, 5.74) is 2.77. The van der Waals surface area contributed by atoms with Gasteiger partial charge in [0.2, 0.25) is 10.0 Å². The van der Waals surface area contributed by atoms with Gasteiger partial charge in [-0.1, -0.05) is 18.1 Å². The lowest BCUT2D eigenvalue weighted by Crippen LogP contribution is -2.51. The molecule has 1 aromatic carbocycles. The third-order valence-corrected chi connectivity index (χ3v) is 10.3. The van der Waals surface area contributed by atoms with E-state index in [1.807, 2.05) is 12.1 Å². The van der Waals surface area contributed by atoms with Crippen molar-refractivity contribution in [3.63, 3.8) is 0 Å². The number of piperidine rings is 1. The van der Waals surface area contributed by atoms with Crippen LogP contribution in [-0.2, 0) is 30.0 Å². The van der Waals surface area contributed by atoms with Gasteiger partial charge in [0.15, 0.2) is 5.69 Å². The molecule has 196 valence electrons. The van der Waals surface area contributed by atoms with E-state index in [0.29, 0.717) is 69.5 Å². The standard InChI is InChI=1S/C26H31N5O5S/c1-3-18-4-6-19(7-5-18)16-27-24(33)22-21-10-13-30(25(34)23(21)29(2)28-22)17-26(11-12-26)37(35,36)31-14-8-20(32)9-15-31/h1,4-7,20,32H,8-17H2,2H3,(H,27,33). The van der Waals surface area contributed by atoms with E-state index in [2.05, 4.69) is 16.3 Å². The molecule has 1 aliphatic carbocycles. The van der Waals surface area contributed by atoms with Crippen LogP contribution in [0.5, 0.6) is 0 Å². The highest BCUT2D eigenvalue weighted by Gasteiger charge is 2.58. The Morgan fingerprint density at radius 2 is 1.89 bits per heavy atom. The first-order chi connectivity index (χ1) is 17.6. The van der Waals surface area contributed by atoms with Crippen LogP contribution in [0.15, 0.2) is 24.3 Å². The molecule has 5 rings (SSSR count). The van der Waals surface area contributed by atoms with Crippen molar-refractivity contribution in [2.75, 3.05) is 26.2 Å². The number of benzene rings is 1. The second-order valence-corrected chi connectivity index (χ2v) is 12.5. The number of nitrogens with zero attached hydrogens (tertiary/aromatic N) is 4. The van der Waals surface area contributed by atoms with E-state index in [1.54, 1.807) is 24.1 Å². The van der Waals surface area contributed by atoms with Gasteiger partial charge in [-0.15, -0.1) is 6.42 Å². The number of carbonyl (C=O) groups is 2. The summed E-state index contributed by atoms with van der Waals surface area (Å²) in [5.74, 6) is 1.88. The zero-order valence-electron chi connectivity index (χ0n) is 20.8. The predicted octanol–water partition coefficient (Wildman–Crippen LogP) is 0.649. The Hall–Kier alpha value is -3.20. The highest BCUT2D eigenvalue weighted by atomic mass is 32.2. The number of aromatic nitrogens is 2. The molecule has 2 N–H and O–H groups in total. The van der Waals surface area contributed by atoms with Crippen molar-refractivity contribution in [3.8, 4) is 12.3 Å². The molecule has 0 radical (unpaired) electrons. The molecule has 1 saturated heterocycles. The summed E-state index contributed by atoms with van der Waals surface area (Å²) < 4.78 is 28.7. The van der Waals surface area contributed by atoms with Crippen molar-refractivity contribution < 1.29 is 23.1 Å². The average molecular weight is 526 g/mol. The lowest BCUT2D eigenvalue weighted by atomic mass is 10.0. The monoisotopic (exact) mass is 525 g/mol. The summed E-state index contributed by atoms with van der Waals surface area (Å²) >= 11 is 0. The van der Waals surface area contributed by atoms with E-state index in [9.17, 15) is 23.1 Å². The van der Waals surface area contributed by atoms with Crippen molar-refractivity contribution in [1.29, 1.82) is 0 Å². The molecular weight excluding hydrogens is 494 g/mol. The van der Waals surface area contributed by atoms with Gasteiger partial charge in [-0.3, -0.25) is 14.3 Å². The zero-order chi connectivity index (χ0) is 26.4. The summed E-state index contributed by atoms with van der Waals surface area (Å²) in [6.07, 6.45) is 7.20. The molecular formula is C26H31N5O5S. The number of terminal acetylenes is 1. The van der Waals surface area contributed by atoms with E-state index < -0.39 is 20.9 Å². The summed E-state index contributed by atoms with van der Waals surface area (Å²) in [6, 6.07) is 7.30. The van der Waals surface area contributed by atoms with E-state index in [0.717, 1.165) is 11.1 Å². The SMILES string of the molecule is C#Cc1ccc(CNC(=O)c2nn(C)c3c2CCN(CC2(S(=O)(=O)N4CCC(O)CC4)CC2)C3=O)cc1. The minimum absolute atomic E-state index is 0.118. The molecule has 2 aromatic rings. The number of hydrogen-bond acceptors (Lipinski definition) is 6. The van der Waals surface area contributed by atoms with Gasteiger partial charge in [0, 0.05) is 50.9 Å². The Labute approximate surface area is 216 Å². The first-order valence-electron chi connectivity index (χ1n) is 12.5. The largest absolute Gasteiger partial charge is 0.393 e. The molecule has 3 aliphatic rings. The van der Waals surface area contributed by atoms with Crippen LogP contribution in [-0.4, -0.2) is 81.4 Å². The summed E-state index contributed by atoms with van der Waals surface area (Å²) in [6.45, 7) is 1.34. The second kappa shape index (κ2) is 9.59. The van der Waals surface area contributed by atoms with Crippen LogP contribution >= 0.6 is 0 Å². The first-order valence-corrected chi connectivity index (χ1v) is 14.0. The molecule has 3 heterocycles. The molecule has 0 bridgehead atoms. The van der Waals surface area contributed by atoms with Gasteiger partial charge < -0.3 is 15.3 Å². The van der Waals surface area contributed by atoms with Gasteiger partial charge in [-0.2, -0.15) is 5.10 Å². The number of aryl methyl sites for hydroxylation is 1. The lowest BCUT2D eigenvalue weighted by Gasteiger charge is -2.35. The molecule has 10 nitrogen and oxygen atoms in total. The molecule has 2 amide bonds. The lowest BCUT2D eigenvalue weighted by molar-refractivity contribution is 0.0723. The molecule has 1 aromatic heterocycles. The van der Waals surface area contributed by atoms with E-state index in [-0.39, 0.29) is 24.1 Å². The van der Waals surface area contributed by atoms with Crippen LogP contribution in [0.1, 0.15) is 63.4 Å². The van der Waals surface area contributed by atoms with Crippen molar-refractivity contribution in [2.24, 2.45) is 7.05 Å². The predicted molar refractivity (Wildman–Crippen MR) is 136 cm³/mol. The number of carbonyl (C=O) groups excluding carboxylic acids is 2. The Bertz CT molecular complexity index is 1360. The van der Waals surface area contributed by atoms with Gasteiger partial charge in [0.25, 0.3) is 11.8 Å². The Morgan fingerprint density at radius 3 is 2.51 bits per heavy atom. The highest BCUT2D eigenvalue weighted by molar-refractivity contribution is 7.90. The van der Waals surface area contributed by atoms with Crippen LogP contribution in [0.25, 0.3) is 0 Å². The van der Waals surface area contributed by atoms with Crippen molar-refractivity contribution in [2.45, 2.75) is 49.5 Å². The first kappa shape index (κ1) is 25.4. The van der Waals surface area contributed by atoms with Crippen LogP contribution in [0.3, 0.4) is 0 Å². The number of aliphatic hydroxyl groups excluding tert-OH is 1. The van der Waals surface area contributed by atoms with Gasteiger partial charge in [0.05, 0.1) is 6.10 Å². The third-order valence-electron chi connectivity index (χ3n) is 7.65. The highest BCUT2D eigenvalue weighted by Crippen LogP contribution is 2.47. The van der Waals surface area contributed by atoms with E-state index in [4.69, 9.17) is 6.42 Å². The van der Waals surface area contributed by atoms with Gasteiger partial charge in [0.1, 0.15) is 10.4 Å². The van der Waals surface area contributed by atoms with Crippen LogP contribution in [0, 0.1) is 12.3 Å². The molecule has 37 heavy (non-hydrogen) atoms. The Balaban J connectivity index is 1.28. The Kier molecular flexibility index (Phi) is 6.60. The minimum atomic E-state index is -3.60.